The summed E-state index contributed by atoms with van der Waals surface area (Å²) in [6, 6.07) is 15.9. The van der Waals surface area contributed by atoms with Crippen LogP contribution in [0.3, 0.4) is 0 Å². The van der Waals surface area contributed by atoms with Crippen molar-refractivity contribution in [2.24, 2.45) is 5.92 Å². The Kier molecular flexibility index (Phi) is 3.09. The molecule has 3 heteroatoms. The number of fused-ring (bicyclic) bond motifs is 5. The Hall–Kier alpha value is -2.42. The maximum Gasteiger partial charge on any atom is 0.134 e. The zero-order valence-corrected chi connectivity index (χ0v) is 13.4. The molecule has 1 fully saturated rings. The van der Waals surface area contributed by atoms with Crippen molar-refractivity contribution in [1.29, 1.82) is 0 Å². The van der Waals surface area contributed by atoms with Gasteiger partial charge >= 0.3 is 0 Å². The first-order chi connectivity index (χ1) is 11.8. The Labute approximate surface area is 140 Å². The molecule has 3 unspecified atom stereocenters. The van der Waals surface area contributed by atoms with Crippen LogP contribution in [-0.2, 0) is 0 Å². The third kappa shape index (κ3) is 2.11. The highest BCUT2D eigenvalue weighted by Gasteiger charge is 2.39. The molecule has 0 amide bonds. The van der Waals surface area contributed by atoms with Crippen molar-refractivity contribution in [3.63, 3.8) is 0 Å². The molecular weight excluding hydrogens is 299 g/mol. The van der Waals surface area contributed by atoms with E-state index in [-0.39, 0.29) is 5.82 Å². The summed E-state index contributed by atoms with van der Waals surface area (Å²) in [7, 11) is 0. The van der Waals surface area contributed by atoms with Gasteiger partial charge in [-0.05, 0) is 71.9 Å². The molecule has 1 aromatic heterocycles. The van der Waals surface area contributed by atoms with Gasteiger partial charge in [0.25, 0.3) is 0 Å². The average molecular weight is 318 g/mol. The average Bonchev–Trinajstić information content (AvgIpc) is 3.04. The molecule has 0 spiro atoms. The number of anilines is 1. The van der Waals surface area contributed by atoms with Crippen LogP contribution in [0.15, 0.2) is 54.7 Å². The van der Waals surface area contributed by atoms with Crippen LogP contribution < -0.4 is 5.32 Å². The predicted octanol–water partition coefficient (Wildman–Crippen LogP) is 5.42. The number of pyridine rings is 1. The van der Waals surface area contributed by atoms with E-state index >= 15 is 0 Å². The van der Waals surface area contributed by atoms with E-state index < -0.39 is 0 Å². The fraction of sp³-hybridized carbons (Fsp3) is 0.286. The monoisotopic (exact) mass is 318 g/mol. The fourth-order valence-electron chi connectivity index (χ4n) is 4.63. The molecule has 2 bridgehead atoms. The van der Waals surface area contributed by atoms with Crippen molar-refractivity contribution in [2.75, 3.05) is 5.32 Å². The molecule has 2 nitrogen and oxygen atoms in total. The minimum absolute atomic E-state index is 0.207. The van der Waals surface area contributed by atoms with E-state index in [2.05, 4.69) is 34.6 Å². The van der Waals surface area contributed by atoms with E-state index in [9.17, 15) is 4.39 Å². The maximum atomic E-state index is 13.5. The van der Waals surface area contributed by atoms with Crippen LogP contribution in [-0.4, -0.2) is 4.98 Å². The third-order valence-electron chi connectivity index (χ3n) is 5.73. The van der Waals surface area contributed by atoms with Crippen molar-refractivity contribution in [1.82, 2.24) is 4.98 Å². The Morgan fingerprint density at radius 2 is 1.88 bits per heavy atom. The normalized spacial score (nSPS) is 24.8. The van der Waals surface area contributed by atoms with Crippen molar-refractivity contribution in [3.8, 4) is 0 Å². The molecule has 2 aromatic carbocycles. The van der Waals surface area contributed by atoms with Crippen LogP contribution in [0.4, 0.5) is 10.2 Å². The van der Waals surface area contributed by atoms with Crippen molar-refractivity contribution in [3.05, 3.63) is 71.7 Å². The second-order valence-corrected chi connectivity index (χ2v) is 7.05. The SMILES string of the molecule is Fc1ccc2c(NC3c4ccccc4C4CCC3C4)nccc2c1. The van der Waals surface area contributed by atoms with E-state index in [0.29, 0.717) is 12.0 Å². The molecule has 120 valence electrons. The number of benzene rings is 2. The van der Waals surface area contributed by atoms with Crippen molar-refractivity contribution < 1.29 is 4.39 Å². The zero-order valence-electron chi connectivity index (χ0n) is 13.4. The van der Waals surface area contributed by atoms with Crippen LogP contribution in [0.1, 0.15) is 42.3 Å². The molecule has 0 radical (unpaired) electrons. The highest BCUT2D eigenvalue weighted by molar-refractivity contribution is 5.91. The van der Waals surface area contributed by atoms with Gasteiger partial charge in [-0.3, -0.25) is 0 Å². The van der Waals surface area contributed by atoms with Gasteiger partial charge < -0.3 is 5.32 Å². The highest BCUT2D eigenvalue weighted by Crippen LogP contribution is 2.52. The minimum atomic E-state index is -0.207. The molecular formula is C21H19FN2. The van der Waals surface area contributed by atoms with Gasteiger partial charge in [0, 0.05) is 11.6 Å². The molecule has 0 saturated heterocycles. The second-order valence-electron chi connectivity index (χ2n) is 7.05. The van der Waals surface area contributed by atoms with E-state index in [0.717, 1.165) is 22.5 Å². The smallest absolute Gasteiger partial charge is 0.134 e. The highest BCUT2D eigenvalue weighted by atomic mass is 19.1. The van der Waals surface area contributed by atoms with Gasteiger partial charge in [0.15, 0.2) is 0 Å². The first kappa shape index (κ1) is 14.0. The van der Waals surface area contributed by atoms with Gasteiger partial charge in [-0.25, -0.2) is 9.37 Å². The van der Waals surface area contributed by atoms with Gasteiger partial charge in [0.2, 0.25) is 0 Å². The largest absolute Gasteiger partial charge is 0.362 e. The summed E-state index contributed by atoms with van der Waals surface area (Å²) in [5.74, 6) is 2.03. The minimum Gasteiger partial charge on any atom is -0.362 e. The van der Waals surface area contributed by atoms with Crippen LogP contribution in [0.25, 0.3) is 10.8 Å². The van der Waals surface area contributed by atoms with Crippen LogP contribution in [0.5, 0.6) is 0 Å². The fourth-order valence-corrected chi connectivity index (χ4v) is 4.63. The Balaban J connectivity index is 1.59. The van der Waals surface area contributed by atoms with Gasteiger partial charge in [-0.2, -0.15) is 0 Å². The summed E-state index contributed by atoms with van der Waals surface area (Å²) >= 11 is 0. The molecule has 5 rings (SSSR count). The molecule has 1 heterocycles. The summed E-state index contributed by atoms with van der Waals surface area (Å²) in [6.07, 6.45) is 5.56. The number of hydrogen-bond donors (Lipinski definition) is 1. The van der Waals surface area contributed by atoms with Crippen LogP contribution in [0, 0.1) is 11.7 Å². The number of nitrogens with one attached hydrogen (secondary N) is 1. The van der Waals surface area contributed by atoms with E-state index in [4.69, 9.17) is 0 Å². The molecule has 2 aliphatic rings. The van der Waals surface area contributed by atoms with E-state index in [1.807, 2.05) is 12.1 Å². The molecule has 2 aliphatic carbocycles. The molecule has 0 aliphatic heterocycles. The van der Waals surface area contributed by atoms with Crippen molar-refractivity contribution in [2.45, 2.75) is 31.2 Å². The van der Waals surface area contributed by atoms with Gasteiger partial charge in [-0.15, -0.1) is 0 Å². The van der Waals surface area contributed by atoms with Crippen LogP contribution >= 0.6 is 0 Å². The van der Waals surface area contributed by atoms with E-state index in [1.165, 1.54) is 36.5 Å². The van der Waals surface area contributed by atoms with Gasteiger partial charge in [0.1, 0.15) is 11.6 Å². The predicted molar refractivity (Wildman–Crippen MR) is 94.6 cm³/mol. The molecule has 1 saturated carbocycles. The lowest BCUT2D eigenvalue weighted by Gasteiger charge is -2.33. The lowest BCUT2D eigenvalue weighted by molar-refractivity contribution is 0.440. The summed E-state index contributed by atoms with van der Waals surface area (Å²) < 4.78 is 13.5. The third-order valence-corrected chi connectivity index (χ3v) is 5.73. The summed E-state index contributed by atoms with van der Waals surface area (Å²) in [6.45, 7) is 0. The van der Waals surface area contributed by atoms with Gasteiger partial charge in [-0.1, -0.05) is 24.3 Å². The first-order valence-corrected chi connectivity index (χ1v) is 8.69. The number of nitrogens with zero attached hydrogens (tertiary/aromatic N) is 1. The quantitative estimate of drug-likeness (QED) is 0.682. The maximum absolute atomic E-state index is 13.5. The lowest BCUT2D eigenvalue weighted by atomic mass is 9.79. The first-order valence-electron chi connectivity index (χ1n) is 8.69. The molecule has 3 aromatic rings. The summed E-state index contributed by atoms with van der Waals surface area (Å²) in [5, 5.41) is 5.57. The number of aromatic nitrogens is 1. The Morgan fingerprint density at radius 3 is 2.79 bits per heavy atom. The second kappa shape index (κ2) is 5.30. The number of hydrogen-bond acceptors (Lipinski definition) is 2. The standard InChI is InChI=1S/C21H19FN2/c22-16-7-8-18-14(12-16)9-10-23-21(18)24-20-15-6-5-13(11-15)17-3-1-2-4-19(17)20/h1-4,7-10,12-13,15,20H,5-6,11H2,(H,23,24). The van der Waals surface area contributed by atoms with Crippen molar-refractivity contribution >= 4 is 16.6 Å². The molecule has 3 atom stereocenters. The lowest BCUT2D eigenvalue weighted by Crippen LogP contribution is -2.24. The van der Waals surface area contributed by atoms with Crippen LogP contribution in [0.2, 0.25) is 0 Å². The molecule has 24 heavy (non-hydrogen) atoms. The van der Waals surface area contributed by atoms with E-state index in [1.54, 1.807) is 12.3 Å². The zero-order chi connectivity index (χ0) is 16.1. The number of halogens is 1. The number of rotatable bonds is 2. The Bertz CT molecular complexity index is 921. The topological polar surface area (TPSA) is 24.9 Å². The Morgan fingerprint density at radius 1 is 1.00 bits per heavy atom. The summed E-state index contributed by atoms with van der Waals surface area (Å²) in [4.78, 5) is 4.55. The van der Waals surface area contributed by atoms with Gasteiger partial charge in [0.05, 0.1) is 6.04 Å². The molecule has 1 N–H and O–H groups in total. The summed E-state index contributed by atoms with van der Waals surface area (Å²) in [5.41, 5.74) is 2.91.